The smallest absolute Gasteiger partial charge is 0.159 e. The Labute approximate surface area is 99.4 Å². The fourth-order valence-electron chi connectivity index (χ4n) is 1.68. The summed E-state index contributed by atoms with van der Waals surface area (Å²) in [6.45, 7) is 1.56. The van der Waals surface area contributed by atoms with Gasteiger partial charge in [0.1, 0.15) is 4.99 Å². The van der Waals surface area contributed by atoms with Crippen molar-refractivity contribution in [3.63, 3.8) is 0 Å². The highest BCUT2D eigenvalue weighted by molar-refractivity contribution is 7.80. The molecule has 5 nitrogen and oxygen atoms in total. The molecule has 0 aliphatic carbocycles. The molecule has 1 aliphatic heterocycles. The topological polar surface area (TPSA) is 73.1 Å². The molecule has 0 aromatic carbocycles. The quantitative estimate of drug-likeness (QED) is 0.752. The monoisotopic (exact) mass is 238 g/mol. The van der Waals surface area contributed by atoms with Crippen LogP contribution in [0.25, 0.3) is 0 Å². The molecule has 1 aromatic rings. The van der Waals surface area contributed by atoms with Crippen molar-refractivity contribution in [3.8, 4) is 0 Å². The minimum Gasteiger partial charge on any atom is -0.389 e. The van der Waals surface area contributed by atoms with E-state index >= 15 is 0 Å². The molecule has 1 atom stereocenters. The van der Waals surface area contributed by atoms with Crippen molar-refractivity contribution in [2.45, 2.75) is 18.9 Å². The second-order valence-corrected chi connectivity index (χ2v) is 4.11. The molecule has 1 aliphatic rings. The summed E-state index contributed by atoms with van der Waals surface area (Å²) < 4.78 is 5.50. The molecule has 6 heteroatoms. The number of hydrogen-bond acceptors (Lipinski definition) is 5. The third-order valence-corrected chi connectivity index (χ3v) is 2.73. The zero-order valence-electron chi connectivity index (χ0n) is 8.85. The number of nitrogens with two attached hydrogens (primary N) is 1. The van der Waals surface area contributed by atoms with Crippen LogP contribution in [0, 0.1) is 0 Å². The van der Waals surface area contributed by atoms with Crippen LogP contribution in [0.5, 0.6) is 0 Å². The molecule has 0 amide bonds. The van der Waals surface area contributed by atoms with Gasteiger partial charge >= 0.3 is 0 Å². The first-order chi connectivity index (χ1) is 7.77. The summed E-state index contributed by atoms with van der Waals surface area (Å²) in [5.41, 5.74) is 6.32. The number of nitrogens with one attached hydrogen (secondary N) is 1. The third kappa shape index (κ3) is 2.65. The van der Waals surface area contributed by atoms with Crippen LogP contribution in [-0.2, 0) is 4.74 Å². The van der Waals surface area contributed by atoms with E-state index in [4.69, 9.17) is 22.7 Å². The van der Waals surface area contributed by atoms with Crippen LogP contribution in [0.3, 0.4) is 0 Å². The van der Waals surface area contributed by atoms with Gasteiger partial charge in [0, 0.05) is 13.2 Å². The Hall–Kier alpha value is -1.27. The molecule has 1 fully saturated rings. The normalized spacial score (nSPS) is 19.6. The molecule has 86 valence electrons. The van der Waals surface area contributed by atoms with Crippen LogP contribution in [-0.4, -0.2) is 34.4 Å². The molecule has 0 radical (unpaired) electrons. The Morgan fingerprint density at radius 3 is 3.25 bits per heavy atom. The average molecular weight is 238 g/mol. The Morgan fingerprint density at radius 2 is 2.56 bits per heavy atom. The minimum atomic E-state index is 0.251. The van der Waals surface area contributed by atoms with Crippen LogP contribution in [0.4, 0.5) is 5.82 Å². The van der Waals surface area contributed by atoms with Gasteiger partial charge in [-0.25, -0.2) is 0 Å². The van der Waals surface area contributed by atoms with Gasteiger partial charge in [-0.1, -0.05) is 12.2 Å². The van der Waals surface area contributed by atoms with Gasteiger partial charge in [0.25, 0.3) is 0 Å². The van der Waals surface area contributed by atoms with Gasteiger partial charge in [-0.3, -0.25) is 0 Å². The van der Waals surface area contributed by atoms with E-state index in [0.29, 0.717) is 17.4 Å². The molecule has 0 saturated carbocycles. The van der Waals surface area contributed by atoms with Crippen LogP contribution in [0.1, 0.15) is 18.4 Å². The molecular formula is C10H14N4OS. The van der Waals surface area contributed by atoms with E-state index in [1.54, 1.807) is 12.3 Å². The molecule has 2 heterocycles. The van der Waals surface area contributed by atoms with Crippen molar-refractivity contribution < 1.29 is 4.74 Å². The summed E-state index contributed by atoms with van der Waals surface area (Å²) in [6, 6.07) is 1.76. The van der Waals surface area contributed by atoms with E-state index in [-0.39, 0.29) is 6.10 Å². The largest absolute Gasteiger partial charge is 0.389 e. The number of nitrogens with zero attached hydrogens (tertiary/aromatic N) is 2. The Kier molecular flexibility index (Phi) is 3.63. The third-order valence-electron chi connectivity index (χ3n) is 2.51. The number of thiocarbonyl (C=S) groups is 1. The highest BCUT2D eigenvalue weighted by Crippen LogP contribution is 2.14. The fraction of sp³-hybridized carbons (Fsp3) is 0.500. The van der Waals surface area contributed by atoms with Gasteiger partial charge in [-0.15, -0.1) is 5.10 Å². The maximum absolute atomic E-state index is 5.59. The van der Waals surface area contributed by atoms with Crippen molar-refractivity contribution in [2.75, 3.05) is 18.5 Å². The van der Waals surface area contributed by atoms with E-state index in [1.807, 2.05) is 0 Å². The molecule has 16 heavy (non-hydrogen) atoms. The molecule has 2 rings (SSSR count). The summed E-state index contributed by atoms with van der Waals surface area (Å²) in [6.07, 6.45) is 4.03. The lowest BCUT2D eigenvalue weighted by molar-refractivity contribution is 0.120. The van der Waals surface area contributed by atoms with Crippen molar-refractivity contribution >= 4 is 23.0 Å². The van der Waals surface area contributed by atoms with Gasteiger partial charge in [0.2, 0.25) is 0 Å². The van der Waals surface area contributed by atoms with E-state index in [2.05, 4.69) is 15.5 Å². The van der Waals surface area contributed by atoms with E-state index in [0.717, 1.165) is 25.0 Å². The molecule has 1 aromatic heterocycles. The van der Waals surface area contributed by atoms with Crippen LogP contribution >= 0.6 is 12.2 Å². The van der Waals surface area contributed by atoms with Gasteiger partial charge in [0.15, 0.2) is 5.82 Å². The molecule has 0 spiro atoms. The first-order valence-electron chi connectivity index (χ1n) is 5.24. The van der Waals surface area contributed by atoms with Crippen molar-refractivity contribution in [2.24, 2.45) is 5.73 Å². The summed E-state index contributed by atoms with van der Waals surface area (Å²) >= 11 is 4.94. The predicted molar refractivity (Wildman–Crippen MR) is 65.4 cm³/mol. The van der Waals surface area contributed by atoms with Gasteiger partial charge in [0.05, 0.1) is 17.9 Å². The second kappa shape index (κ2) is 5.18. The first-order valence-corrected chi connectivity index (χ1v) is 5.65. The highest BCUT2D eigenvalue weighted by atomic mass is 32.1. The average Bonchev–Trinajstić information content (AvgIpc) is 2.79. The molecule has 1 unspecified atom stereocenters. The standard InChI is InChI=1S/C10H14N4OS/c11-9(16)8-3-4-13-14-10(8)12-6-7-2-1-5-15-7/h3-4,7H,1-2,5-6H2,(H2,11,16)(H,12,14). The van der Waals surface area contributed by atoms with Gasteiger partial charge < -0.3 is 15.8 Å². The van der Waals surface area contributed by atoms with E-state index in [9.17, 15) is 0 Å². The van der Waals surface area contributed by atoms with Gasteiger partial charge in [-0.2, -0.15) is 5.10 Å². The number of aromatic nitrogens is 2. The molecular weight excluding hydrogens is 224 g/mol. The first kappa shape index (κ1) is 11.2. The van der Waals surface area contributed by atoms with Crippen LogP contribution in [0.15, 0.2) is 12.3 Å². The fourth-order valence-corrected chi connectivity index (χ4v) is 1.84. The summed E-state index contributed by atoms with van der Waals surface area (Å²) in [5, 5.41) is 11.0. The highest BCUT2D eigenvalue weighted by Gasteiger charge is 2.16. The number of anilines is 1. The lowest BCUT2D eigenvalue weighted by atomic mass is 10.2. The number of rotatable bonds is 4. The lowest BCUT2D eigenvalue weighted by Crippen LogP contribution is -2.22. The number of hydrogen-bond donors (Lipinski definition) is 2. The van der Waals surface area contributed by atoms with Crippen molar-refractivity contribution in [1.82, 2.24) is 10.2 Å². The predicted octanol–water partition coefficient (Wildman–Crippen LogP) is 0.702. The summed E-state index contributed by atoms with van der Waals surface area (Å²) in [7, 11) is 0. The Balaban J connectivity index is 2.00. The maximum atomic E-state index is 5.59. The zero-order chi connectivity index (χ0) is 11.4. The Bertz CT molecular complexity index is 379. The van der Waals surface area contributed by atoms with E-state index < -0.39 is 0 Å². The van der Waals surface area contributed by atoms with E-state index in [1.165, 1.54) is 0 Å². The number of ether oxygens (including phenoxy) is 1. The minimum absolute atomic E-state index is 0.251. The van der Waals surface area contributed by atoms with Crippen molar-refractivity contribution in [3.05, 3.63) is 17.8 Å². The Morgan fingerprint density at radius 1 is 1.69 bits per heavy atom. The van der Waals surface area contributed by atoms with Gasteiger partial charge in [-0.05, 0) is 18.9 Å². The maximum Gasteiger partial charge on any atom is 0.159 e. The van der Waals surface area contributed by atoms with Crippen LogP contribution < -0.4 is 11.1 Å². The lowest BCUT2D eigenvalue weighted by Gasteiger charge is -2.12. The molecule has 3 N–H and O–H groups in total. The van der Waals surface area contributed by atoms with Crippen LogP contribution in [0.2, 0.25) is 0 Å². The second-order valence-electron chi connectivity index (χ2n) is 3.67. The zero-order valence-corrected chi connectivity index (χ0v) is 9.67. The van der Waals surface area contributed by atoms with Crippen molar-refractivity contribution in [1.29, 1.82) is 0 Å². The molecule has 0 bridgehead atoms. The summed E-state index contributed by atoms with van der Waals surface area (Å²) in [4.78, 5) is 0.324. The summed E-state index contributed by atoms with van der Waals surface area (Å²) in [5.74, 6) is 0.630. The SMILES string of the molecule is NC(=S)c1ccnnc1NCC1CCCO1. The molecule has 1 saturated heterocycles.